The van der Waals surface area contributed by atoms with Crippen LogP contribution in [0, 0.1) is 0 Å². The number of carbonyl (C=O) groups is 1. The average molecular weight is 438 g/mol. The lowest BCUT2D eigenvalue weighted by Crippen LogP contribution is -2.31. The van der Waals surface area contributed by atoms with Crippen LogP contribution in [-0.4, -0.2) is 39.4 Å². The molecule has 0 radical (unpaired) electrons. The monoisotopic (exact) mass is 437 g/mol. The van der Waals surface area contributed by atoms with E-state index < -0.39 is 6.16 Å². The maximum absolute atomic E-state index is 10.7. The summed E-state index contributed by atoms with van der Waals surface area (Å²) in [5.41, 5.74) is 3.59. The van der Waals surface area contributed by atoms with Crippen LogP contribution in [0.2, 0.25) is 0 Å². The van der Waals surface area contributed by atoms with Crippen LogP contribution in [0.25, 0.3) is 16.1 Å². The Morgan fingerprint density at radius 2 is 2.19 bits per heavy atom. The highest BCUT2D eigenvalue weighted by Gasteiger charge is 2.26. The number of thiophene rings is 1. The van der Waals surface area contributed by atoms with E-state index in [1.165, 1.54) is 5.06 Å². The average Bonchev–Trinajstić information content (AvgIpc) is 3.00. The number of nitrogens with zero attached hydrogens (tertiary/aromatic N) is 3. The van der Waals surface area contributed by atoms with E-state index >= 15 is 0 Å². The molecule has 2 aromatic heterocycles. The van der Waals surface area contributed by atoms with Crippen molar-refractivity contribution in [2.45, 2.75) is 32.6 Å². The molecule has 0 fully saturated rings. The van der Waals surface area contributed by atoms with Crippen LogP contribution in [0.4, 0.5) is 4.79 Å². The quantitative estimate of drug-likeness (QED) is 0.730. The molecule has 3 rings (SSSR count). The molecule has 1 N–H and O–H groups in total. The molecule has 0 amide bonds. The Balaban J connectivity index is 1.98. The highest BCUT2D eigenvalue weighted by molar-refractivity contribution is 9.10. The second kappa shape index (κ2) is 7.46. The number of hydrogen-bond donors (Lipinski definition) is 1. The number of carboxylic acid groups (broad SMARTS) is 1. The smallest absolute Gasteiger partial charge is 0.448 e. The summed E-state index contributed by atoms with van der Waals surface area (Å²) in [6.07, 6.45) is 3.16. The molecular formula is C18H20BrN3O3S. The molecule has 0 spiro atoms. The van der Waals surface area contributed by atoms with Crippen LogP contribution < -0.4 is 0 Å². The maximum atomic E-state index is 10.7. The van der Waals surface area contributed by atoms with Gasteiger partial charge in [-0.1, -0.05) is 26.8 Å². The molecule has 6 nitrogen and oxygen atoms in total. The zero-order valence-electron chi connectivity index (χ0n) is 14.8. The summed E-state index contributed by atoms with van der Waals surface area (Å²) < 4.78 is 1.03. The molecule has 26 heavy (non-hydrogen) atoms. The summed E-state index contributed by atoms with van der Waals surface area (Å²) in [5.74, 6) is 0. The van der Waals surface area contributed by atoms with E-state index in [0.29, 0.717) is 19.5 Å². The molecule has 1 aliphatic heterocycles. The minimum atomic E-state index is -1.29. The highest BCUT2D eigenvalue weighted by Crippen LogP contribution is 2.34. The van der Waals surface area contributed by atoms with Crippen LogP contribution in [-0.2, 0) is 10.3 Å². The molecule has 0 saturated carbocycles. The van der Waals surface area contributed by atoms with Gasteiger partial charge in [-0.05, 0) is 34.0 Å². The third-order valence-electron chi connectivity index (χ3n) is 3.99. The first-order chi connectivity index (χ1) is 12.2. The number of hydroxylamine groups is 2. The van der Waals surface area contributed by atoms with Crippen molar-refractivity contribution >= 4 is 39.0 Å². The molecule has 138 valence electrons. The van der Waals surface area contributed by atoms with Crippen molar-refractivity contribution in [2.24, 2.45) is 0 Å². The lowest BCUT2D eigenvalue weighted by atomic mass is 9.87. The van der Waals surface area contributed by atoms with Gasteiger partial charge in [-0.2, -0.15) is 0 Å². The van der Waals surface area contributed by atoms with Gasteiger partial charge in [-0.25, -0.2) is 9.78 Å². The Kier molecular flexibility index (Phi) is 5.45. The number of halogens is 1. The van der Waals surface area contributed by atoms with E-state index in [2.05, 4.69) is 36.7 Å². The Labute approximate surface area is 164 Å². The predicted octanol–water partition coefficient (Wildman–Crippen LogP) is 4.96. The summed E-state index contributed by atoms with van der Waals surface area (Å²) >= 11 is 5.10. The molecular weight excluding hydrogens is 418 g/mol. The normalized spacial score (nSPS) is 15.6. The van der Waals surface area contributed by atoms with E-state index in [9.17, 15) is 4.79 Å². The van der Waals surface area contributed by atoms with E-state index in [0.717, 1.165) is 32.0 Å². The Morgan fingerprint density at radius 3 is 2.73 bits per heavy atom. The lowest BCUT2D eigenvalue weighted by molar-refractivity contribution is -0.112. The Hall–Kier alpha value is -1.77. The summed E-state index contributed by atoms with van der Waals surface area (Å²) in [7, 11) is 0. The first-order valence-electron chi connectivity index (χ1n) is 8.21. The summed E-state index contributed by atoms with van der Waals surface area (Å²) in [6, 6.07) is 2.03. The summed E-state index contributed by atoms with van der Waals surface area (Å²) in [5, 5.41) is 12.2. The minimum absolute atomic E-state index is 0.146. The van der Waals surface area contributed by atoms with E-state index in [-0.39, 0.29) is 5.41 Å². The van der Waals surface area contributed by atoms with Crippen molar-refractivity contribution in [1.82, 2.24) is 15.0 Å². The molecule has 2 aromatic rings. The molecule has 0 aliphatic carbocycles. The Morgan fingerprint density at radius 1 is 1.42 bits per heavy atom. The van der Waals surface area contributed by atoms with Gasteiger partial charge in [0, 0.05) is 21.8 Å². The van der Waals surface area contributed by atoms with E-state index in [4.69, 9.17) is 19.9 Å². The van der Waals surface area contributed by atoms with Gasteiger partial charge in [0.1, 0.15) is 0 Å². The summed E-state index contributed by atoms with van der Waals surface area (Å²) in [6.45, 7) is 7.25. The molecule has 0 atom stereocenters. The van der Waals surface area contributed by atoms with Gasteiger partial charge in [0.15, 0.2) is 0 Å². The van der Waals surface area contributed by atoms with Crippen molar-refractivity contribution in [3.8, 4) is 10.6 Å². The van der Waals surface area contributed by atoms with Crippen molar-refractivity contribution in [2.75, 3.05) is 13.1 Å². The van der Waals surface area contributed by atoms with Crippen LogP contribution in [0.1, 0.15) is 38.6 Å². The number of rotatable bonds is 3. The molecule has 1 aliphatic rings. The van der Waals surface area contributed by atoms with Gasteiger partial charge < -0.3 is 9.94 Å². The summed E-state index contributed by atoms with van der Waals surface area (Å²) in [4.78, 5) is 26.1. The standard InChI is InChI=1S/C18H20BrN3O3S/c1-18(2,3)16-15(11-4-6-22(7-5-11)25-17(23)24)21-13(9-20-16)14-8-12(19)10-26-14/h4,8-10H,5-7H2,1-3H3,(H,23,24). The third kappa shape index (κ3) is 4.31. The van der Waals surface area contributed by atoms with E-state index in [1.807, 2.05) is 23.7 Å². The van der Waals surface area contributed by atoms with Crippen LogP contribution in [0.3, 0.4) is 0 Å². The van der Waals surface area contributed by atoms with Gasteiger partial charge in [-0.3, -0.25) is 4.98 Å². The zero-order valence-corrected chi connectivity index (χ0v) is 17.2. The fraction of sp³-hybridized carbons (Fsp3) is 0.389. The van der Waals surface area contributed by atoms with Gasteiger partial charge in [0.2, 0.25) is 0 Å². The lowest BCUT2D eigenvalue weighted by Gasteiger charge is -2.26. The fourth-order valence-corrected chi connectivity index (χ4v) is 4.17. The fourth-order valence-electron chi connectivity index (χ4n) is 2.79. The molecule has 3 heterocycles. The molecule has 0 unspecified atom stereocenters. The molecule has 0 saturated heterocycles. The maximum Gasteiger partial charge on any atom is 0.525 e. The topological polar surface area (TPSA) is 75.5 Å². The van der Waals surface area contributed by atoms with Crippen molar-refractivity contribution in [3.63, 3.8) is 0 Å². The Bertz CT molecular complexity index is 858. The van der Waals surface area contributed by atoms with Gasteiger partial charge in [0.25, 0.3) is 0 Å². The van der Waals surface area contributed by atoms with Crippen molar-refractivity contribution in [1.29, 1.82) is 0 Å². The van der Waals surface area contributed by atoms with Crippen molar-refractivity contribution in [3.05, 3.63) is 39.6 Å². The number of aromatic nitrogens is 2. The predicted molar refractivity (Wildman–Crippen MR) is 105 cm³/mol. The molecule has 0 aromatic carbocycles. The van der Waals surface area contributed by atoms with Crippen LogP contribution in [0.15, 0.2) is 28.2 Å². The molecule has 0 bridgehead atoms. The minimum Gasteiger partial charge on any atom is -0.448 e. The van der Waals surface area contributed by atoms with Crippen LogP contribution in [0.5, 0.6) is 0 Å². The van der Waals surface area contributed by atoms with Crippen LogP contribution >= 0.6 is 27.3 Å². The second-order valence-electron chi connectivity index (χ2n) is 7.06. The second-order valence-corrected chi connectivity index (χ2v) is 8.88. The number of hydrogen-bond acceptors (Lipinski definition) is 6. The first kappa shape index (κ1) is 19.0. The van der Waals surface area contributed by atoms with Crippen molar-refractivity contribution < 1.29 is 14.7 Å². The first-order valence-corrected chi connectivity index (χ1v) is 9.88. The molecule has 8 heteroatoms. The third-order valence-corrected chi connectivity index (χ3v) is 5.70. The zero-order chi connectivity index (χ0) is 18.9. The SMILES string of the molecule is CC(C)(C)c1ncc(-c2cc(Br)cs2)nc1C1=CCN(OC(=O)O)CC1. The van der Waals surface area contributed by atoms with E-state index in [1.54, 1.807) is 11.3 Å². The van der Waals surface area contributed by atoms with Gasteiger partial charge in [-0.15, -0.1) is 16.4 Å². The largest absolute Gasteiger partial charge is 0.525 e. The van der Waals surface area contributed by atoms with Gasteiger partial charge >= 0.3 is 6.16 Å². The van der Waals surface area contributed by atoms with Gasteiger partial charge in [0.05, 0.1) is 34.7 Å². The highest BCUT2D eigenvalue weighted by atomic mass is 79.9.